The van der Waals surface area contributed by atoms with E-state index >= 15 is 0 Å². The average Bonchev–Trinajstić information content (AvgIpc) is 2.72. The first-order valence-electron chi connectivity index (χ1n) is 10.4. The smallest absolute Gasteiger partial charge is 0.343 e. The highest BCUT2D eigenvalue weighted by molar-refractivity contribution is 6.18. The van der Waals surface area contributed by atoms with Crippen LogP contribution in [-0.2, 0) is 9.53 Å². The van der Waals surface area contributed by atoms with Crippen molar-refractivity contribution in [3.63, 3.8) is 0 Å². The second-order valence-electron chi connectivity index (χ2n) is 8.10. The van der Waals surface area contributed by atoms with Crippen LogP contribution in [0.1, 0.15) is 44.9 Å². The Labute approximate surface area is 171 Å². The summed E-state index contributed by atoms with van der Waals surface area (Å²) in [6, 6.07) is 0.166. The van der Waals surface area contributed by atoms with Gasteiger partial charge < -0.3 is 9.64 Å². The predicted molar refractivity (Wildman–Crippen MR) is 106 cm³/mol. The van der Waals surface area contributed by atoms with Crippen molar-refractivity contribution >= 4 is 23.6 Å². The summed E-state index contributed by atoms with van der Waals surface area (Å²) in [7, 11) is 1.39. The lowest BCUT2D eigenvalue weighted by molar-refractivity contribution is -0.140. The van der Waals surface area contributed by atoms with Gasteiger partial charge in [0, 0.05) is 30.9 Å². The van der Waals surface area contributed by atoms with Crippen molar-refractivity contribution < 1.29 is 14.3 Å². The molecule has 0 bridgehead atoms. The fourth-order valence-corrected chi connectivity index (χ4v) is 5.70. The third kappa shape index (κ3) is 4.43. The number of hydrogen-bond acceptors (Lipinski definition) is 6. The largest absolute Gasteiger partial charge is 0.469 e. The highest BCUT2D eigenvalue weighted by Gasteiger charge is 2.50. The van der Waals surface area contributed by atoms with Gasteiger partial charge in [0.2, 0.25) is 0 Å². The molecule has 28 heavy (non-hydrogen) atoms. The van der Waals surface area contributed by atoms with E-state index in [1.54, 1.807) is 0 Å². The minimum Gasteiger partial charge on any atom is -0.469 e. The van der Waals surface area contributed by atoms with Crippen LogP contribution in [-0.4, -0.2) is 78.1 Å². The van der Waals surface area contributed by atoms with Crippen LogP contribution >= 0.6 is 11.6 Å². The van der Waals surface area contributed by atoms with Gasteiger partial charge in [-0.3, -0.25) is 9.69 Å². The van der Waals surface area contributed by atoms with Gasteiger partial charge in [-0.2, -0.15) is 5.01 Å². The monoisotopic (exact) mass is 414 g/mol. The molecule has 3 heterocycles. The second-order valence-corrected chi connectivity index (χ2v) is 8.48. The van der Waals surface area contributed by atoms with Gasteiger partial charge in [-0.1, -0.05) is 0 Å². The molecule has 3 rings (SSSR count). The van der Waals surface area contributed by atoms with Crippen LogP contribution in [0.5, 0.6) is 0 Å². The predicted octanol–water partition coefficient (Wildman–Crippen LogP) is 2.85. The standard InChI is InChI=1S/C19H31ClN4O4/c1-28-17(25)8-2-7-16-15-6-4-11-22-10-3-5-14(18(15)22)13-23(16)19(26)24(21-27)12-9-20/h14-16,18H,2-13H2,1H3/t14-,15-,16-,18+/m1/s1. The minimum atomic E-state index is -0.347. The Morgan fingerprint density at radius 2 is 2.00 bits per heavy atom. The highest BCUT2D eigenvalue weighted by Crippen LogP contribution is 2.43. The molecule has 3 saturated heterocycles. The SMILES string of the molecule is COC(=O)CCC[C@@H]1[C@H]2CCCN3CCC[C@H](CN1C(=O)N(CCCl)N=O)[C@@H]23. The van der Waals surface area contributed by atoms with Crippen LogP contribution in [0, 0.1) is 16.7 Å². The van der Waals surface area contributed by atoms with Crippen molar-refractivity contribution in [1.29, 1.82) is 0 Å². The molecule has 0 unspecified atom stereocenters. The first-order chi connectivity index (χ1) is 13.6. The summed E-state index contributed by atoms with van der Waals surface area (Å²) in [4.78, 5) is 40.4. The number of amides is 2. The topological polar surface area (TPSA) is 82.5 Å². The number of methoxy groups -OCH3 is 1. The van der Waals surface area contributed by atoms with Gasteiger partial charge in [-0.25, -0.2) is 4.79 Å². The number of halogens is 1. The van der Waals surface area contributed by atoms with E-state index in [0.717, 1.165) is 50.2 Å². The zero-order chi connectivity index (χ0) is 20.1. The number of esters is 1. The number of likely N-dealkylation sites (tertiary alicyclic amines) is 1. The number of rotatable bonds is 7. The van der Waals surface area contributed by atoms with E-state index in [9.17, 15) is 14.5 Å². The summed E-state index contributed by atoms with van der Waals surface area (Å²) in [5.74, 6) is 0.748. The van der Waals surface area contributed by atoms with Crippen LogP contribution in [0.3, 0.4) is 0 Å². The third-order valence-corrected chi connectivity index (χ3v) is 6.81. The molecule has 3 aliphatic rings. The molecule has 3 aliphatic heterocycles. The molecule has 3 fully saturated rings. The Bertz CT molecular complexity index is 576. The van der Waals surface area contributed by atoms with Crippen molar-refractivity contribution in [2.75, 3.05) is 39.2 Å². The summed E-state index contributed by atoms with van der Waals surface area (Å²) in [5.41, 5.74) is 0. The average molecular weight is 415 g/mol. The summed E-state index contributed by atoms with van der Waals surface area (Å²) < 4.78 is 4.76. The molecule has 0 N–H and O–H groups in total. The molecule has 8 nitrogen and oxygen atoms in total. The number of urea groups is 1. The van der Waals surface area contributed by atoms with Gasteiger partial charge in [0.15, 0.2) is 0 Å². The summed E-state index contributed by atoms with van der Waals surface area (Å²) in [5, 5.41) is 3.86. The van der Waals surface area contributed by atoms with Gasteiger partial charge >= 0.3 is 12.0 Å². The Morgan fingerprint density at radius 3 is 2.68 bits per heavy atom. The number of hydrogen-bond donors (Lipinski definition) is 0. The normalized spacial score (nSPS) is 29.7. The molecule has 0 aromatic carbocycles. The lowest BCUT2D eigenvalue weighted by Crippen LogP contribution is -2.66. The number of carbonyl (C=O) groups excluding carboxylic acids is 2. The van der Waals surface area contributed by atoms with Crippen molar-refractivity contribution in [1.82, 2.24) is 14.8 Å². The highest BCUT2D eigenvalue weighted by atomic mass is 35.5. The van der Waals surface area contributed by atoms with Crippen molar-refractivity contribution in [3.05, 3.63) is 4.91 Å². The van der Waals surface area contributed by atoms with Crippen molar-refractivity contribution in [2.24, 2.45) is 17.1 Å². The van der Waals surface area contributed by atoms with E-state index in [1.165, 1.54) is 7.11 Å². The molecular formula is C19H31ClN4O4. The summed E-state index contributed by atoms with van der Waals surface area (Å²) in [6.45, 7) is 3.03. The maximum Gasteiger partial charge on any atom is 0.343 e. The maximum absolute atomic E-state index is 13.1. The van der Waals surface area contributed by atoms with E-state index < -0.39 is 0 Å². The third-order valence-electron chi connectivity index (χ3n) is 6.64. The van der Waals surface area contributed by atoms with E-state index in [0.29, 0.717) is 37.3 Å². The molecular weight excluding hydrogens is 384 g/mol. The Kier molecular flexibility index (Phi) is 7.51. The number of ether oxygens (including phenoxy) is 1. The van der Waals surface area contributed by atoms with E-state index in [-0.39, 0.29) is 30.5 Å². The van der Waals surface area contributed by atoms with E-state index in [2.05, 4.69) is 10.2 Å². The fourth-order valence-electron chi connectivity index (χ4n) is 5.54. The molecule has 0 aromatic heterocycles. The molecule has 9 heteroatoms. The van der Waals surface area contributed by atoms with Crippen LogP contribution < -0.4 is 0 Å². The molecule has 4 atom stereocenters. The van der Waals surface area contributed by atoms with Gasteiger partial charge in [-0.15, -0.1) is 16.5 Å². The quantitative estimate of drug-likeness (QED) is 0.277. The zero-order valence-electron chi connectivity index (χ0n) is 16.6. The molecule has 0 saturated carbocycles. The van der Waals surface area contributed by atoms with Crippen LogP contribution in [0.25, 0.3) is 0 Å². The van der Waals surface area contributed by atoms with Crippen LogP contribution in [0.2, 0.25) is 0 Å². The Balaban J connectivity index is 1.80. The number of piperidine rings is 3. The molecule has 0 spiro atoms. The minimum absolute atomic E-state index is 0.0129. The van der Waals surface area contributed by atoms with Gasteiger partial charge in [-0.05, 0) is 63.5 Å². The van der Waals surface area contributed by atoms with Crippen LogP contribution in [0.15, 0.2) is 5.29 Å². The van der Waals surface area contributed by atoms with E-state index in [1.807, 2.05) is 4.90 Å². The number of carbonyl (C=O) groups is 2. The Morgan fingerprint density at radius 1 is 1.25 bits per heavy atom. The first kappa shape index (κ1) is 21.3. The maximum atomic E-state index is 13.1. The first-order valence-corrected chi connectivity index (χ1v) is 10.9. The molecule has 0 aliphatic carbocycles. The fraction of sp³-hybridized carbons (Fsp3) is 0.895. The number of nitroso groups, excluding NO2 is 1. The summed E-state index contributed by atoms with van der Waals surface area (Å²) >= 11 is 5.75. The lowest BCUT2D eigenvalue weighted by Gasteiger charge is -2.57. The van der Waals surface area contributed by atoms with Gasteiger partial charge in [0.1, 0.15) is 0 Å². The number of alkyl halides is 1. The zero-order valence-corrected chi connectivity index (χ0v) is 17.4. The lowest BCUT2D eigenvalue weighted by atomic mass is 9.69. The molecule has 0 radical (unpaired) electrons. The van der Waals surface area contributed by atoms with Crippen LogP contribution in [0.4, 0.5) is 4.79 Å². The number of nitrogens with zero attached hydrogens (tertiary/aromatic N) is 4. The molecule has 2 amide bonds. The van der Waals surface area contributed by atoms with Crippen molar-refractivity contribution in [3.8, 4) is 0 Å². The summed E-state index contributed by atoms with van der Waals surface area (Å²) in [6.07, 6.45) is 6.21. The molecule has 0 aromatic rings. The second kappa shape index (κ2) is 9.87. The molecule has 158 valence electrons. The van der Waals surface area contributed by atoms with Crippen molar-refractivity contribution in [2.45, 2.75) is 57.0 Å². The van der Waals surface area contributed by atoms with E-state index in [4.69, 9.17) is 16.3 Å². The van der Waals surface area contributed by atoms with Gasteiger partial charge in [0.05, 0.1) is 18.9 Å². The van der Waals surface area contributed by atoms with Gasteiger partial charge in [0.25, 0.3) is 0 Å². The Hall–Kier alpha value is -1.41.